The topological polar surface area (TPSA) is 50.4 Å². The number of nitrogens with two attached hydrogens (primary N) is 1. The number of nitrogens with one attached hydrogen (secondary N) is 1. The highest BCUT2D eigenvalue weighted by Crippen LogP contribution is 2.15. The Labute approximate surface area is 88.9 Å². The molecule has 1 rings (SSSR count). The smallest absolute Gasteiger partial charge is 0.144 e. The number of hydrogen-bond acceptors (Lipinski definition) is 2. The molecule has 0 aromatic heterocycles. The number of halogens is 1. The first-order chi connectivity index (χ1) is 6.65. The highest BCUT2D eigenvalue weighted by Gasteiger charge is 2.06. The highest BCUT2D eigenvalue weighted by atomic mass is 35.5. The molecule has 0 fully saturated rings. The summed E-state index contributed by atoms with van der Waals surface area (Å²) in [5, 5.41) is 0.643. The van der Waals surface area contributed by atoms with Crippen molar-refractivity contribution in [2.24, 2.45) is 10.8 Å². The van der Waals surface area contributed by atoms with Gasteiger partial charge in [-0.15, -0.1) is 0 Å². The molecule has 0 amide bonds. The Morgan fingerprint density at radius 2 is 2.07 bits per heavy atom. The molecule has 0 saturated carbocycles. The van der Waals surface area contributed by atoms with Crippen molar-refractivity contribution in [2.75, 3.05) is 0 Å². The lowest BCUT2D eigenvalue weighted by molar-refractivity contribution is 0.820. The van der Waals surface area contributed by atoms with E-state index >= 15 is 0 Å². The summed E-state index contributed by atoms with van der Waals surface area (Å²) in [5.41, 5.74) is 3.38. The van der Waals surface area contributed by atoms with Gasteiger partial charge in [0, 0.05) is 11.6 Å². The molecule has 4 heteroatoms. The summed E-state index contributed by atoms with van der Waals surface area (Å²) in [7, 11) is 0. The first kappa shape index (κ1) is 11.0. The van der Waals surface area contributed by atoms with E-state index in [1.807, 2.05) is 38.1 Å². The summed E-state index contributed by atoms with van der Waals surface area (Å²) >= 11 is 6.00. The van der Waals surface area contributed by atoms with Crippen molar-refractivity contribution in [3.8, 4) is 0 Å². The van der Waals surface area contributed by atoms with Crippen LogP contribution in [-0.4, -0.2) is 11.9 Å². The first-order valence-electron chi connectivity index (χ1n) is 4.44. The lowest BCUT2D eigenvalue weighted by Gasteiger charge is -2.08. The van der Waals surface area contributed by atoms with Crippen LogP contribution in [0.15, 0.2) is 29.3 Å². The van der Waals surface area contributed by atoms with Gasteiger partial charge in [-0.05, 0) is 26.0 Å². The number of nitrogens with zero attached hydrogens (tertiary/aromatic N) is 1. The van der Waals surface area contributed by atoms with E-state index in [1.165, 1.54) is 0 Å². The van der Waals surface area contributed by atoms with Gasteiger partial charge < -0.3 is 5.43 Å². The fourth-order valence-electron chi connectivity index (χ4n) is 1.10. The molecule has 1 aromatic carbocycles. The Hall–Kier alpha value is -1.06. The molecule has 0 radical (unpaired) electrons. The quantitative estimate of drug-likeness (QED) is 0.340. The van der Waals surface area contributed by atoms with Gasteiger partial charge in [-0.1, -0.05) is 23.7 Å². The standard InChI is InChI=1S/C10H14ClN3/c1-7(2)13-10(14-12)8-5-3-4-6-9(8)11/h3-7H,12H2,1-2H3,(H,13,14). The molecule has 0 aliphatic rings. The second-order valence-electron chi connectivity index (χ2n) is 3.20. The Morgan fingerprint density at radius 1 is 1.43 bits per heavy atom. The Morgan fingerprint density at radius 3 is 2.57 bits per heavy atom. The van der Waals surface area contributed by atoms with Crippen LogP contribution >= 0.6 is 11.6 Å². The van der Waals surface area contributed by atoms with Crippen molar-refractivity contribution >= 4 is 17.4 Å². The molecular formula is C10H14ClN3. The molecule has 14 heavy (non-hydrogen) atoms. The number of amidine groups is 1. The molecule has 76 valence electrons. The normalized spacial score (nSPS) is 11.9. The summed E-state index contributed by atoms with van der Waals surface area (Å²) in [5.74, 6) is 6.00. The van der Waals surface area contributed by atoms with Gasteiger partial charge in [0.15, 0.2) is 0 Å². The van der Waals surface area contributed by atoms with Gasteiger partial charge in [-0.2, -0.15) is 0 Å². The van der Waals surface area contributed by atoms with Gasteiger partial charge in [-0.3, -0.25) is 4.99 Å². The van der Waals surface area contributed by atoms with Crippen LogP contribution in [0.1, 0.15) is 19.4 Å². The van der Waals surface area contributed by atoms with Gasteiger partial charge in [0.25, 0.3) is 0 Å². The van der Waals surface area contributed by atoms with Crippen molar-refractivity contribution in [2.45, 2.75) is 19.9 Å². The van der Waals surface area contributed by atoms with Crippen LogP contribution in [0, 0.1) is 0 Å². The molecule has 0 saturated heterocycles. The summed E-state index contributed by atoms with van der Waals surface area (Å²) < 4.78 is 0. The van der Waals surface area contributed by atoms with Crippen molar-refractivity contribution in [1.29, 1.82) is 0 Å². The van der Waals surface area contributed by atoms with E-state index in [1.54, 1.807) is 0 Å². The third kappa shape index (κ3) is 2.72. The maximum atomic E-state index is 6.00. The van der Waals surface area contributed by atoms with Crippen molar-refractivity contribution in [3.05, 3.63) is 34.9 Å². The maximum absolute atomic E-state index is 6.00. The summed E-state index contributed by atoms with van der Waals surface area (Å²) in [4.78, 5) is 4.32. The molecular weight excluding hydrogens is 198 g/mol. The molecule has 0 unspecified atom stereocenters. The van der Waals surface area contributed by atoms with Crippen LogP contribution in [-0.2, 0) is 0 Å². The van der Waals surface area contributed by atoms with Gasteiger partial charge in [0.1, 0.15) is 5.84 Å². The van der Waals surface area contributed by atoms with E-state index in [0.717, 1.165) is 5.56 Å². The van der Waals surface area contributed by atoms with Crippen molar-refractivity contribution in [1.82, 2.24) is 5.43 Å². The van der Waals surface area contributed by atoms with Crippen LogP contribution in [0.4, 0.5) is 0 Å². The van der Waals surface area contributed by atoms with E-state index < -0.39 is 0 Å². The Kier molecular flexibility index (Phi) is 3.92. The zero-order valence-corrected chi connectivity index (χ0v) is 9.05. The van der Waals surface area contributed by atoms with E-state index in [0.29, 0.717) is 10.9 Å². The molecule has 1 aromatic rings. The molecule has 0 atom stereocenters. The van der Waals surface area contributed by atoms with Crippen LogP contribution in [0.3, 0.4) is 0 Å². The minimum Gasteiger partial charge on any atom is -0.308 e. The zero-order valence-electron chi connectivity index (χ0n) is 8.29. The summed E-state index contributed by atoms with van der Waals surface area (Å²) in [6.45, 7) is 3.96. The second-order valence-corrected chi connectivity index (χ2v) is 3.60. The third-order valence-electron chi connectivity index (χ3n) is 1.65. The fourth-order valence-corrected chi connectivity index (χ4v) is 1.32. The Balaban J connectivity index is 3.07. The van der Waals surface area contributed by atoms with Gasteiger partial charge in [0.2, 0.25) is 0 Å². The van der Waals surface area contributed by atoms with E-state index in [4.69, 9.17) is 17.4 Å². The predicted octanol–water partition coefficient (Wildman–Crippen LogP) is 1.96. The minimum absolute atomic E-state index is 0.178. The number of hydrazine groups is 1. The molecule has 3 nitrogen and oxygen atoms in total. The minimum atomic E-state index is 0.178. The van der Waals surface area contributed by atoms with Gasteiger partial charge >= 0.3 is 0 Å². The molecule has 0 heterocycles. The number of benzene rings is 1. The van der Waals surface area contributed by atoms with E-state index in [9.17, 15) is 0 Å². The van der Waals surface area contributed by atoms with Crippen molar-refractivity contribution < 1.29 is 0 Å². The number of hydrogen-bond donors (Lipinski definition) is 2. The van der Waals surface area contributed by atoms with Crippen LogP contribution < -0.4 is 11.3 Å². The highest BCUT2D eigenvalue weighted by molar-refractivity contribution is 6.34. The third-order valence-corrected chi connectivity index (χ3v) is 1.98. The molecule has 0 aliphatic heterocycles. The van der Waals surface area contributed by atoms with Crippen LogP contribution in [0.25, 0.3) is 0 Å². The second kappa shape index (κ2) is 4.98. The summed E-state index contributed by atoms with van der Waals surface area (Å²) in [6.07, 6.45) is 0. The number of rotatable bonds is 2. The average Bonchev–Trinajstić information content (AvgIpc) is 2.15. The Bertz CT molecular complexity index is 334. The van der Waals surface area contributed by atoms with E-state index in [2.05, 4.69) is 10.4 Å². The van der Waals surface area contributed by atoms with Crippen molar-refractivity contribution in [3.63, 3.8) is 0 Å². The average molecular weight is 212 g/mol. The summed E-state index contributed by atoms with van der Waals surface area (Å²) in [6, 6.07) is 7.63. The fraction of sp³-hybridized carbons (Fsp3) is 0.300. The van der Waals surface area contributed by atoms with Crippen LogP contribution in [0.5, 0.6) is 0 Å². The molecule has 0 bridgehead atoms. The molecule has 0 aliphatic carbocycles. The van der Waals surface area contributed by atoms with E-state index in [-0.39, 0.29) is 6.04 Å². The van der Waals surface area contributed by atoms with Gasteiger partial charge in [-0.25, -0.2) is 5.84 Å². The predicted molar refractivity (Wildman–Crippen MR) is 60.4 cm³/mol. The lowest BCUT2D eigenvalue weighted by Crippen LogP contribution is -2.32. The maximum Gasteiger partial charge on any atom is 0.144 e. The first-order valence-corrected chi connectivity index (χ1v) is 4.82. The zero-order chi connectivity index (χ0) is 10.6. The van der Waals surface area contributed by atoms with Gasteiger partial charge in [0.05, 0.1) is 5.02 Å². The molecule has 0 spiro atoms. The SMILES string of the molecule is CC(C)N=C(NN)c1ccccc1Cl. The van der Waals surface area contributed by atoms with Crippen LogP contribution in [0.2, 0.25) is 5.02 Å². The molecule has 3 N–H and O–H groups in total. The number of aliphatic imine (C=N–C) groups is 1. The largest absolute Gasteiger partial charge is 0.308 e. The lowest BCUT2D eigenvalue weighted by atomic mass is 10.2. The monoisotopic (exact) mass is 211 g/mol.